The number of piperidine rings is 1. The predicted molar refractivity (Wildman–Crippen MR) is 83.9 cm³/mol. The molecule has 4 rings (SSSR count). The summed E-state index contributed by atoms with van der Waals surface area (Å²) in [5, 5.41) is 7.01. The van der Waals surface area contributed by atoms with Gasteiger partial charge in [-0.2, -0.15) is 0 Å². The monoisotopic (exact) mass is 297 g/mol. The molecule has 1 aromatic heterocycles. The maximum atomic E-state index is 12.3. The lowest BCUT2D eigenvalue weighted by molar-refractivity contribution is 0.101. The molecule has 2 fully saturated rings. The van der Waals surface area contributed by atoms with Crippen molar-refractivity contribution in [2.45, 2.75) is 25.3 Å². The van der Waals surface area contributed by atoms with E-state index in [0.717, 1.165) is 23.8 Å². The van der Waals surface area contributed by atoms with Crippen LogP contribution >= 0.6 is 0 Å². The summed E-state index contributed by atoms with van der Waals surface area (Å²) in [6.07, 6.45) is 5.41. The van der Waals surface area contributed by atoms with E-state index in [9.17, 15) is 4.79 Å². The predicted octanol–water partition coefficient (Wildman–Crippen LogP) is 2.06. The number of para-hydroxylation sites is 2. The zero-order valence-corrected chi connectivity index (χ0v) is 12.6. The second-order valence-electron chi connectivity index (χ2n) is 6.20. The molecule has 2 aliphatic rings. The molecule has 1 aliphatic heterocycles. The summed E-state index contributed by atoms with van der Waals surface area (Å²) >= 11 is 0. The molecule has 1 saturated heterocycles. The molecule has 1 aromatic carbocycles. The van der Waals surface area contributed by atoms with E-state index in [1.807, 2.05) is 18.2 Å². The number of anilines is 2. The van der Waals surface area contributed by atoms with Gasteiger partial charge in [-0.25, -0.2) is 4.98 Å². The van der Waals surface area contributed by atoms with Crippen LogP contribution < -0.4 is 10.2 Å². The van der Waals surface area contributed by atoms with Gasteiger partial charge >= 0.3 is 0 Å². The first-order valence-corrected chi connectivity index (χ1v) is 7.73. The highest BCUT2D eigenvalue weighted by atomic mass is 16.2. The molecule has 1 saturated carbocycles. The minimum absolute atomic E-state index is 0.195. The molecule has 2 heterocycles. The van der Waals surface area contributed by atoms with Crippen LogP contribution in [0.15, 0.2) is 30.6 Å². The Kier molecular flexibility index (Phi) is 3.10. The maximum absolute atomic E-state index is 12.3. The molecule has 0 spiro atoms. The molecular formula is C16H19N5O. The Bertz CT molecular complexity index is 710. The number of nitrogens with one attached hydrogen (secondary N) is 1. The van der Waals surface area contributed by atoms with Gasteiger partial charge in [0.15, 0.2) is 0 Å². The van der Waals surface area contributed by atoms with Crippen molar-refractivity contribution < 1.29 is 4.79 Å². The summed E-state index contributed by atoms with van der Waals surface area (Å²) in [7, 11) is 1.75. The lowest BCUT2D eigenvalue weighted by atomic mass is 10.1. The maximum Gasteiger partial charge on any atom is 0.295 e. The van der Waals surface area contributed by atoms with Gasteiger partial charge < -0.3 is 10.2 Å². The lowest BCUT2D eigenvalue weighted by Gasteiger charge is -2.30. The number of aryl methyl sites for hydroxylation is 1. The van der Waals surface area contributed by atoms with Crippen LogP contribution in [0.5, 0.6) is 0 Å². The number of fused-ring (bicyclic) bond motifs is 2. The molecule has 1 N–H and O–H groups in total. The first-order chi connectivity index (χ1) is 10.7. The number of rotatable bonds is 3. The third kappa shape index (κ3) is 2.24. The van der Waals surface area contributed by atoms with E-state index in [0.29, 0.717) is 6.04 Å². The molecule has 6 heteroatoms. The highest BCUT2D eigenvalue weighted by Crippen LogP contribution is 2.42. The largest absolute Gasteiger partial charge is 0.367 e. The fourth-order valence-electron chi connectivity index (χ4n) is 3.67. The van der Waals surface area contributed by atoms with E-state index in [1.54, 1.807) is 7.05 Å². The topological polar surface area (TPSA) is 63.1 Å². The summed E-state index contributed by atoms with van der Waals surface area (Å²) in [5.41, 5.74) is 1.95. The Labute approximate surface area is 129 Å². The SMILES string of the molecule is Cn1cnc(C(=O)Nc2ccccc2N2C[C@H]3CC[C@H]2C3)n1. The number of amides is 1. The molecule has 0 unspecified atom stereocenters. The van der Waals surface area contributed by atoms with E-state index in [4.69, 9.17) is 0 Å². The third-order valence-corrected chi connectivity index (χ3v) is 4.67. The van der Waals surface area contributed by atoms with Crippen molar-refractivity contribution in [1.82, 2.24) is 14.8 Å². The average Bonchev–Trinajstić information content (AvgIpc) is 3.24. The van der Waals surface area contributed by atoms with Crippen LogP contribution in [0.2, 0.25) is 0 Å². The van der Waals surface area contributed by atoms with Gasteiger partial charge in [-0.05, 0) is 37.3 Å². The second kappa shape index (κ2) is 5.12. The fourth-order valence-corrected chi connectivity index (χ4v) is 3.67. The lowest BCUT2D eigenvalue weighted by Crippen LogP contribution is -2.32. The fraction of sp³-hybridized carbons (Fsp3) is 0.438. The Balaban J connectivity index is 1.58. The van der Waals surface area contributed by atoms with E-state index < -0.39 is 0 Å². The summed E-state index contributed by atoms with van der Waals surface area (Å²) < 4.78 is 1.53. The zero-order valence-electron chi connectivity index (χ0n) is 12.6. The Morgan fingerprint density at radius 2 is 2.18 bits per heavy atom. The third-order valence-electron chi connectivity index (χ3n) is 4.67. The van der Waals surface area contributed by atoms with Gasteiger partial charge in [-0.1, -0.05) is 12.1 Å². The Morgan fingerprint density at radius 3 is 2.86 bits per heavy atom. The van der Waals surface area contributed by atoms with Gasteiger partial charge in [0.25, 0.3) is 5.91 Å². The summed E-state index contributed by atoms with van der Waals surface area (Å²) in [4.78, 5) is 18.7. The molecule has 22 heavy (non-hydrogen) atoms. The molecule has 2 aromatic rings. The Hall–Kier alpha value is -2.37. The van der Waals surface area contributed by atoms with Gasteiger partial charge in [0.05, 0.1) is 11.4 Å². The molecule has 2 bridgehead atoms. The number of hydrogen-bond donors (Lipinski definition) is 1. The highest BCUT2D eigenvalue weighted by Gasteiger charge is 2.38. The van der Waals surface area contributed by atoms with Crippen LogP contribution in [0.25, 0.3) is 0 Å². The van der Waals surface area contributed by atoms with Crippen LogP contribution in [0.4, 0.5) is 11.4 Å². The molecule has 2 atom stereocenters. The first-order valence-electron chi connectivity index (χ1n) is 7.73. The first kappa shape index (κ1) is 13.3. The van der Waals surface area contributed by atoms with Crippen LogP contribution in [0, 0.1) is 5.92 Å². The van der Waals surface area contributed by atoms with Crippen molar-refractivity contribution in [3.63, 3.8) is 0 Å². The van der Waals surface area contributed by atoms with E-state index in [1.165, 1.54) is 30.3 Å². The van der Waals surface area contributed by atoms with Gasteiger partial charge in [-0.15, -0.1) is 5.10 Å². The molecule has 114 valence electrons. The van der Waals surface area contributed by atoms with Crippen molar-refractivity contribution in [1.29, 1.82) is 0 Å². The number of hydrogen-bond acceptors (Lipinski definition) is 4. The smallest absolute Gasteiger partial charge is 0.295 e. The van der Waals surface area contributed by atoms with Crippen molar-refractivity contribution in [3.8, 4) is 0 Å². The van der Waals surface area contributed by atoms with Gasteiger partial charge in [0, 0.05) is 19.6 Å². The van der Waals surface area contributed by atoms with Gasteiger partial charge in [-0.3, -0.25) is 9.48 Å². The number of aromatic nitrogens is 3. The van der Waals surface area contributed by atoms with Crippen molar-refractivity contribution >= 4 is 17.3 Å². The number of nitrogens with zero attached hydrogens (tertiary/aromatic N) is 4. The number of carbonyl (C=O) groups excluding carboxylic acids is 1. The minimum Gasteiger partial charge on any atom is -0.367 e. The summed E-state index contributed by atoms with van der Waals surface area (Å²) in [5.74, 6) is 0.740. The molecule has 6 nitrogen and oxygen atoms in total. The molecular weight excluding hydrogens is 278 g/mol. The zero-order chi connectivity index (χ0) is 15.1. The summed E-state index contributed by atoms with van der Waals surface area (Å²) in [6, 6.07) is 8.62. The van der Waals surface area contributed by atoms with Crippen LogP contribution in [0.3, 0.4) is 0 Å². The van der Waals surface area contributed by atoms with Crippen molar-refractivity contribution in [3.05, 3.63) is 36.4 Å². The highest BCUT2D eigenvalue weighted by molar-refractivity contribution is 6.03. The van der Waals surface area contributed by atoms with E-state index in [2.05, 4.69) is 26.4 Å². The molecule has 1 aliphatic carbocycles. The Morgan fingerprint density at radius 1 is 1.32 bits per heavy atom. The van der Waals surface area contributed by atoms with Crippen molar-refractivity contribution in [2.75, 3.05) is 16.8 Å². The van der Waals surface area contributed by atoms with Crippen LogP contribution in [-0.2, 0) is 7.05 Å². The van der Waals surface area contributed by atoms with E-state index >= 15 is 0 Å². The van der Waals surface area contributed by atoms with E-state index in [-0.39, 0.29) is 11.7 Å². The quantitative estimate of drug-likeness (QED) is 0.942. The minimum atomic E-state index is -0.266. The van der Waals surface area contributed by atoms with Crippen molar-refractivity contribution in [2.24, 2.45) is 13.0 Å². The standard InChI is InChI=1S/C16H19N5O/c1-20-10-17-15(19-20)16(22)18-13-4-2-3-5-14(13)21-9-11-6-7-12(21)8-11/h2-5,10-12H,6-9H2,1H3,(H,18,22)/t11-,12-/m0/s1. The van der Waals surface area contributed by atoms with Gasteiger partial charge in [0.1, 0.15) is 6.33 Å². The molecule has 1 amide bonds. The number of carbonyl (C=O) groups is 1. The second-order valence-corrected chi connectivity index (χ2v) is 6.20. The normalized spacial score (nSPS) is 23.0. The number of benzene rings is 1. The molecule has 0 radical (unpaired) electrons. The summed E-state index contributed by atoms with van der Waals surface area (Å²) in [6.45, 7) is 1.10. The van der Waals surface area contributed by atoms with Crippen LogP contribution in [0.1, 0.15) is 29.9 Å². The van der Waals surface area contributed by atoms with Crippen LogP contribution in [-0.4, -0.2) is 33.3 Å². The van der Waals surface area contributed by atoms with Gasteiger partial charge in [0.2, 0.25) is 5.82 Å². The average molecular weight is 297 g/mol.